The summed E-state index contributed by atoms with van der Waals surface area (Å²) in [5.41, 5.74) is 6.74. The fourth-order valence-electron chi connectivity index (χ4n) is 11.9. The highest BCUT2D eigenvalue weighted by Crippen LogP contribution is 2.47. The van der Waals surface area contributed by atoms with Gasteiger partial charge in [0, 0.05) is 30.6 Å². The minimum atomic E-state index is -4.49. The molecule has 4 atom stereocenters. The number of hydrogen-bond acceptors (Lipinski definition) is 17. The largest absolute Gasteiger partial charge is 0.472 e. The van der Waals surface area contributed by atoms with Crippen molar-refractivity contribution in [2.75, 3.05) is 107 Å². The molecular formula is C79H145F4N5O16P2S2+2. The minimum absolute atomic E-state index is 0.0393. The highest BCUT2D eigenvalue weighted by molar-refractivity contribution is 8.16. The van der Waals surface area contributed by atoms with Gasteiger partial charge >= 0.3 is 39.5 Å². The van der Waals surface area contributed by atoms with Crippen molar-refractivity contribution < 1.29 is 102 Å². The first kappa shape index (κ1) is 103. The number of nitrogens with zero attached hydrogens (tertiary/aromatic N) is 5. The number of azide groups is 1. The standard InChI is InChI=1S/C79H143F4N5O16P2S2/c1-9-11-13-15-17-19-21-23-25-29-35-41-47-53-69(89)97-63-67(65-101-105(93,94)99-59-57-87(3,4)5)103-71(91)55-49-43-37-31-27-33-39-45-51-61-107-79(73-74(80)76(82)78(85-86-84)77(83)75(73)81)108-62-52-46-40-34-28-32-38-44-50-56-72(92)104-68(66-102-106(95,96)100-60-58-88(6,7)8)64-98-70(90)54-48-42-36-30-26-24-22-20-18-16-14-12-10-2/h67-68,79H,9-66H2,1-8H3/p+2/t67-,68-/m1/s1. The number of hydrogen-bond donors (Lipinski definition) is 2. The second-order valence-corrected chi connectivity index (χ2v) is 36.6. The van der Waals surface area contributed by atoms with Crippen LogP contribution in [0.5, 0.6) is 0 Å². The summed E-state index contributed by atoms with van der Waals surface area (Å²) >= 11 is 2.43. The van der Waals surface area contributed by atoms with Gasteiger partial charge in [-0.15, -0.1) is 23.5 Å². The van der Waals surface area contributed by atoms with Gasteiger partial charge in [0.25, 0.3) is 0 Å². The second-order valence-electron chi connectivity index (χ2n) is 30.9. The van der Waals surface area contributed by atoms with E-state index in [2.05, 4.69) is 23.9 Å². The van der Waals surface area contributed by atoms with Gasteiger partial charge in [-0.2, -0.15) is 0 Å². The predicted molar refractivity (Wildman–Crippen MR) is 427 cm³/mol. The fourth-order valence-corrected chi connectivity index (χ4v) is 16.3. The van der Waals surface area contributed by atoms with Crippen molar-refractivity contribution in [3.8, 4) is 0 Å². The van der Waals surface area contributed by atoms with Crippen molar-refractivity contribution in [2.45, 2.75) is 339 Å². The number of carbonyl (C=O) groups excluding carboxylic acids is 4. The minimum Gasteiger partial charge on any atom is -0.462 e. The number of benzene rings is 1. The Bertz CT molecular complexity index is 2510. The van der Waals surface area contributed by atoms with Gasteiger partial charge in [0.2, 0.25) is 0 Å². The van der Waals surface area contributed by atoms with E-state index < -0.39 is 104 Å². The maximum absolute atomic E-state index is 15.5. The van der Waals surface area contributed by atoms with Crippen molar-refractivity contribution in [2.24, 2.45) is 5.11 Å². The van der Waals surface area contributed by atoms with Crippen molar-refractivity contribution >= 4 is 68.7 Å². The molecule has 0 spiro atoms. The Morgan fingerprint density at radius 2 is 0.657 bits per heavy atom. The molecule has 29 heteroatoms. The van der Waals surface area contributed by atoms with E-state index in [-0.39, 0.29) is 52.1 Å². The van der Waals surface area contributed by atoms with E-state index in [9.17, 15) is 38.1 Å². The number of halogens is 4. The van der Waals surface area contributed by atoms with Gasteiger partial charge in [-0.1, -0.05) is 263 Å². The van der Waals surface area contributed by atoms with Gasteiger partial charge in [-0.05, 0) is 55.6 Å². The first-order valence-electron chi connectivity index (χ1n) is 41.3. The SMILES string of the molecule is CCCCCCCCCCCCCCCC(=O)OC[C@H](COP(=O)(O)OCC[N+](C)(C)C)OC(=O)CCCCCCCCCCCSC(SCCCCCCCCCCCC(=O)O[C@H](COC(=O)CCCCCCCCCCCCCCC)COP(=O)(O)OCC[N+](C)(C)C)c1c(F)c(F)c(N=[N+]=[N-])c(F)c1F. The van der Waals surface area contributed by atoms with E-state index in [1.807, 2.05) is 42.3 Å². The van der Waals surface area contributed by atoms with E-state index >= 15 is 17.6 Å². The van der Waals surface area contributed by atoms with Gasteiger partial charge in [0.1, 0.15) is 45.2 Å². The van der Waals surface area contributed by atoms with Gasteiger partial charge in [0.05, 0.1) is 65.6 Å². The topological polar surface area (TPSA) is 265 Å². The maximum Gasteiger partial charge on any atom is 0.472 e. The third kappa shape index (κ3) is 59.7. The number of likely N-dealkylation sites (N-methyl/N-ethyl adjacent to an activating group) is 2. The van der Waals surface area contributed by atoms with E-state index in [1.54, 1.807) is 0 Å². The lowest BCUT2D eigenvalue weighted by Crippen LogP contribution is -2.37. The van der Waals surface area contributed by atoms with Crippen molar-refractivity contribution in [3.05, 3.63) is 39.3 Å². The first-order valence-corrected chi connectivity index (χ1v) is 46.4. The average molecular weight is 1620 g/mol. The lowest BCUT2D eigenvalue weighted by molar-refractivity contribution is -0.870. The fraction of sp³-hybridized carbons (Fsp3) is 0.873. The Morgan fingerprint density at radius 1 is 0.398 bits per heavy atom. The molecule has 0 saturated heterocycles. The van der Waals surface area contributed by atoms with Crippen molar-refractivity contribution in [1.82, 2.24) is 0 Å². The van der Waals surface area contributed by atoms with Crippen LogP contribution < -0.4 is 0 Å². The summed E-state index contributed by atoms with van der Waals surface area (Å²) in [5.74, 6) is -7.67. The molecule has 0 heterocycles. The molecule has 2 unspecified atom stereocenters. The summed E-state index contributed by atoms with van der Waals surface area (Å²) in [6.45, 7) is 3.62. The van der Waals surface area contributed by atoms with Crippen LogP contribution >= 0.6 is 39.2 Å². The number of thioether (sulfide) groups is 2. The monoisotopic (exact) mass is 1620 g/mol. The lowest BCUT2D eigenvalue weighted by Gasteiger charge is -2.24. The zero-order valence-corrected chi connectivity index (χ0v) is 71.2. The van der Waals surface area contributed by atoms with Gasteiger partial charge < -0.3 is 37.7 Å². The number of ether oxygens (including phenoxy) is 4. The quantitative estimate of drug-likeness (QED) is 0.00524. The van der Waals surface area contributed by atoms with Crippen LogP contribution in [0.25, 0.3) is 10.4 Å². The third-order valence-corrected chi connectivity index (χ3v) is 23.5. The number of carbonyl (C=O) groups is 4. The molecule has 0 aliphatic rings. The van der Waals surface area contributed by atoms with Crippen LogP contribution in [0.4, 0.5) is 23.2 Å². The van der Waals surface area contributed by atoms with Gasteiger partial charge in [0.15, 0.2) is 35.5 Å². The van der Waals surface area contributed by atoms with Crippen LogP contribution in [0, 0.1) is 23.3 Å². The van der Waals surface area contributed by atoms with Crippen molar-refractivity contribution in [3.63, 3.8) is 0 Å². The molecule has 0 aromatic heterocycles. The number of phosphoric ester groups is 2. The second kappa shape index (κ2) is 65.3. The zero-order valence-electron chi connectivity index (χ0n) is 67.8. The summed E-state index contributed by atoms with van der Waals surface area (Å²) in [6, 6.07) is 0. The molecule has 0 amide bonds. The summed E-state index contributed by atoms with van der Waals surface area (Å²) < 4.78 is 129. The van der Waals surface area contributed by atoms with E-state index in [4.69, 9.17) is 42.6 Å². The van der Waals surface area contributed by atoms with Crippen LogP contribution in [0.15, 0.2) is 5.11 Å². The third-order valence-electron chi connectivity index (χ3n) is 18.5. The summed E-state index contributed by atoms with van der Waals surface area (Å²) in [5, 5.41) is 2.86. The number of rotatable bonds is 76. The van der Waals surface area contributed by atoms with E-state index in [1.165, 1.54) is 139 Å². The van der Waals surface area contributed by atoms with Gasteiger partial charge in [-0.3, -0.25) is 37.3 Å². The summed E-state index contributed by atoms with van der Waals surface area (Å²) in [7, 11) is 2.48. The lowest BCUT2D eigenvalue weighted by atomic mass is 10.0. The number of unbranched alkanes of at least 4 members (excludes halogenated alkanes) is 40. The molecule has 0 radical (unpaired) electrons. The van der Waals surface area contributed by atoms with Crippen LogP contribution in [0.1, 0.15) is 332 Å². The molecule has 1 aromatic rings. The molecule has 630 valence electrons. The van der Waals surface area contributed by atoms with Crippen LogP contribution in [0.2, 0.25) is 0 Å². The maximum atomic E-state index is 15.5. The number of esters is 4. The van der Waals surface area contributed by atoms with E-state index in [0.29, 0.717) is 72.1 Å². The normalized spacial score (nSPS) is 13.9. The molecule has 0 aliphatic heterocycles. The summed E-state index contributed by atoms with van der Waals surface area (Å²) in [6.07, 6.45) is 43.8. The van der Waals surface area contributed by atoms with Crippen LogP contribution in [-0.4, -0.2) is 161 Å². The Hall–Kier alpha value is -3.03. The van der Waals surface area contributed by atoms with Crippen molar-refractivity contribution in [1.29, 1.82) is 0 Å². The summed E-state index contributed by atoms with van der Waals surface area (Å²) in [4.78, 5) is 74.3. The molecule has 0 fully saturated rings. The predicted octanol–water partition coefficient (Wildman–Crippen LogP) is 23.0. The van der Waals surface area contributed by atoms with Crippen LogP contribution in [-0.2, 0) is 65.4 Å². The molecule has 2 N–H and O–H groups in total. The smallest absolute Gasteiger partial charge is 0.462 e. The number of quaternary nitrogens is 2. The van der Waals surface area contributed by atoms with Crippen LogP contribution in [0.3, 0.4) is 0 Å². The zero-order chi connectivity index (χ0) is 80.0. The van der Waals surface area contributed by atoms with Gasteiger partial charge in [-0.25, -0.2) is 26.7 Å². The molecule has 21 nitrogen and oxygen atoms in total. The van der Waals surface area contributed by atoms with E-state index in [0.717, 1.165) is 128 Å². The number of phosphoric acid groups is 2. The molecule has 0 aliphatic carbocycles. The Balaban J connectivity index is 2.57. The molecule has 108 heavy (non-hydrogen) atoms. The Labute approximate surface area is 656 Å². The molecule has 1 aromatic carbocycles. The highest BCUT2D eigenvalue weighted by atomic mass is 32.2. The molecular weight excluding hydrogens is 1480 g/mol. The Morgan fingerprint density at radius 3 is 0.926 bits per heavy atom. The molecule has 0 bridgehead atoms. The Kier molecular flexibility index (Phi) is 62.2. The average Bonchev–Trinajstić information content (AvgIpc) is 0.780. The highest BCUT2D eigenvalue weighted by Gasteiger charge is 2.32. The first-order chi connectivity index (χ1) is 51.6. The molecule has 0 saturated carbocycles. The molecule has 1 rings (SSSR count).